The molecule has 0 aromatic heterocycles. The lowest BCUT2D eigenvalue weighted by Crippen LogP contribution is -2.47. The lowest BCUT2D eigenvalue weighted by molar-refractivity contribution is -0.138. The van der Waals surface area contributed by atoms with E-state index in [-0.39, 0.29) is 30.3 Å². The van der Waals surface area contributed by atoms with E-state index in [1.807, 2.05) is 0 Å². The molecule has 0 spiro atoms. The molecule has 0 unspecified atom stereocenters. The summed E-state index contributed by atoms with van der Waals surface area (Å²) in [5, 5.41) is 8.77. The molecule has 1 saturated heterocycles. The van der Waals surface area contributed by atoms with Crippen LogP contribution in [0.1, 0.15) is 24.8 Å². The predicted molar refractivity (Wildman–Crippen MR) is 130 cm³/mol. The average molecular weight is 463 g/mol. The number of nitrogens with one attached hydrogen (secondary N) is 2. The number of hydrogen-bond donors (Lipinski definition) is 3. The molecular weight excluding hydrogens is 428 g/mol. The summed E-state index contributed by atoms with van der Waals surface area (Å²) in [4.78, 5) is 26.8. The first-order valence-corrected chi connectivity index (χ1v) is 11.2. The van der Waals surface area contributed by atoms with Crippen LogP contribution in [0.3, 0.4) is 0 Å². The monoisotopic (exact) mass is 462 g/mol. The molecule has 4 N–H and O–H groups in total. The van der Waals surface area contributed by atoms with Crippen LogP contribution in [-0.4, -0.2) is 68.7 Å². The third kappa shape index (κ3) is 7.45. The molecular formula is C24H35ClN4O3. The summed E-state index contributed by atoms with van der Waals surface area (Å²) >= 11 is 0. The molecule has 32 heavy (non-hydrogen) atoms. The first-order valence-electron chi connectivity index (χ1n) is 11.2. The van der Waals surface area contributed by atoms with E-state index < -0.39 is 0 Å². The van der Waals surface area contributed by atoms with E-state index in [9.17, 15) is 9.59 Å². The molecule has 0 radical (unpaired) electrons. The van der Waals surface area contributed by atoms with Gasteiger partial charge in [0, 0.05) is 32.6 Å². The number of rotatable bonds is 12. The molecule has 0 saturated carbocycles. The predicted octanol–water partition coefficient (Wildman–Crippen LogP) is 1.87. The van der Waals surface area contributed by atoms with E-state index in [1.165, 1.54) is 16.3 Å². The van der Waals surface area contributed by atoms with Crippen molar-refractivity contribution in [1.82, 2.24) is 15.5 Å². The molecule has 8 heteroatoms. The van der Waals surface area contributed by atoms with E-state index in [0.29, 0.717) is 45.8 Å². The summed E-state index contributed by atoms with van der Waals surface area (Å²) in [5.74, 6) is -0.0548. The molecule has 0 bridgehead atoms. The van der Waals surface area contributed by atoms with Crippen LogP contribution in [0.2, 0.25) is 0 Å². The van der Waals surface area contributed by atoms with Gasteiger partial charge in [-0.05, 0) is 42.1 Å². The fourth-order valence-electron chi connectivity index (χ4n) is 4.08. The Morgan fingerprint density at radius 1 is 1.06 bits per heavy atom. The second-order valence-corrected chi connectivity index (χ2v) is 7.83. The number of amides is 2. The van der Waals surface area contributed by atoms with Gasteiger partial charge < -0.3 is 26.0 Å². The Morgan fingerprint density at radius 2 is 1.88 bits per heavy atom. The number of benzene rings is 2. The van der Waals surface area contributed by atoms with Crippen molar-refractivity contribution in [2.45, 2.75) is 31.7 Å². The van der Waals surface area contributed by atoms with Crippen LogP contribution in [-0.2, 0) is 20.7 Å². The van der Waals surface area contributed by atoms with E-state index in [2.05, 4.69) is 53.1 Å². The third-order valence-corrected chi connectivity index (χ3v) is 5.65. The normalized spacial score (nSPS) is 15.5. The van der Waals surface area contributed by atoms with Gasteiger partial charge in [-0.3, -0.25) is 9.59 Å². The van der Waals surface area contributed by atoms with Crippen molar-refractivity contribution in [3.8, 4) is 0 Å². The zero-order valence-electron chi connectivity index (χ0n) is 18.6. The highest BCUT2D eigenvalue weighted by molar-refractivity contribution is 5.88. The number of fused-ring (bicyclic) bond motifs is 1. The maximum Gasteiger partial charge on any atom is 0.242 e. The molecule has 2 aromatic rings. The summed E-state index contributed by atoms with van der Waals surface area (Å²) in [7, 11) is 0. The Labute approximate surface area is 196 Å². The van der Waals surface area contributed by atoms with E-state index >= 15 is 0 Å². The molecule has 3 rings (SSSR count). The van der Waals surface area contributed by atoms with Crippen molar-refractivity contribution >= 4 is 35.0 Å². The van der Waals surface area contributed by atoms with Crippen molar-refractivity contribution in [3.05, 3.63) is 48.0 Å². The summed E-state index contributed by atoms with van der Waals surface area (Å²) in [6.07, 6.45) is 2.90. The number of ether oxygens (including phenoxy) is 1. The van der Waals surface area contributed by atoms with Crippen molar-refractivity contribution < 1.29 is 14.3 Å². The Kier molecular flexibility index (Phi) is 11.5. The van der Waals surface area contributed by atoms with Crippen LogP contribution in [0.5, 0.6) is 0 Å². The Balaban J connectivity index is 0.00000363. The quantitative estimate of drug-likeness (QED) is 0.418. The van der Waals surface area contributed by atoms with Gasteiger partial charge in [0.2, 0.25) is 11.8 Å². The average Bonchev–Trinajstić information content (AvgIpc) is 3.29. The highest BCUT2D eigenvalue weighted by Gasteiger charge is 2.33. The summed E-state index contributed by atoms with van der Waals surface area (Å²) in [6.45, 7) is 3.90. The lowest BCUT2D eigenvalue weighted by Gasteiger charge is -2.24. The maximum atomic E-state index is 12.7. The zero-order chi connectivity index (χ0) is 21.9. The first-order chi connectivity index (χ1) is 15.2. The number of carbonyl (C=O) groups is 2. The number of hydrogen-bond acceptors (Lipinski definition) is 5. The summed E-state index contributed by atoms with van der Waals surface area (Å²) < 4.78 is 5.27. The van der Waals surface area contributed by atoms with Gasteiger partial charge in [0.25, 0.3) is 0 Å². The Hall–Kier alpha value is -2.19. The van der Waals surface area contributed by atoms with Gasteiger partial charge >= 0.3 is 0 Å². The topological polar surface area (TPSA) is 96.7 Å². The smallest absolute Gasteiger partial charge is 0.242 e. The second kappa shape index (κ2) is 14.1. The summed E-state index contributed by atoms with van der Waals surface area (Å²) in [5.41, 5.74) is 6.68. The van der Waals surface area contributed by atoms with E-state index in [4.69, 9.17) is 10.5 Å². The minimum absolute atomic E-state index is 0. The highest BCUT2D eigenvalue weighted by Crippen LogP contribution is 2.19. The van der Waals surface area contributed by atoms with Crippen molar-refractivity contribution in [2.24, 2.45) is 5.73 Å². The standard InChI is InChI=1S/C24H34N4O3.ClH/c25-12-17-31-18-15-27-24(30)22-9-4-16-28(22)23(29)11-14-26-13-10-20-7-3-6-19-5-1-2-8-21(19)20;/h1-3,5-8,22,26H,4,9-18,25H2,(H,27,30);1H/t22-;/m0./s1. The van der Waals surface area contributed by atoms with Crippen LogP contribution in [0.25, 0.3) is 10.8 Å². The fraction of sp³-hybridized carbons (Fsp3) is 0.500. The number of likely N-dealkylation sites (tertiary alicyclic amines) is 1. The van der Waals surface area contributed by atoms with Gasteiger partial charge in [-0.2, -0.15) is 0 Å². The van der Waals surface area contributed by atoms with E-state index in [1.54, 1.807) is 4.90 Å². The van der Waals surface area contributed by atoms with Crippen LogP contribution in [0.4, 0.5) is 0 Å². The molecule has 7 nitrogen and oxygen atoms in total. The molecule has 1 heterocycles. The highest BCUT2D eigenvalue weighted by atomic mass is 35.5. The maximum absolute atomic E-state index is 12.7. The molecule has 1 aliphatic rings. The molecule has 176 valence electrons. The van der Waals surface area contributed by atoms with Gasteiger partial charge in [-0.15, -0.1) is 12.4 Å². The van der Waals surface area contributed by atoms with Crippen molar-refractivity contribution in [1.29, 1.82) is 0 Å². The van der Waals surface area contributed by atoms with Crippen molar-refractivity contribution in [2.75, 3.05) is 45.9 Å². The summed E-state index contributed by atoms with van der Waals surface area (Å²) in [6, 6.07) is 14.4. The lowest BCUT2D eigenvalue weighted by atomic mass is 10.0. The van der Waals surface area contributed by atoms with Crippen LogP contribution >= 0.6 is 12.4 Å². The molecule has 2 aromatic carbocycles. The minimum Gasteiger partial charge on any atom is -0.378 e. The zero-order valence-corrected chi connectivity index (χ0v) is 19.4. The number of nitrogens with two attached hydrogens (primary N) is 1. The number of carbonyl (C=O) groups excluding carboxylic acids is 2. The third-order valence-electron chi connectivity index (χ3n) is 5.65. The van der Waals surface area contributed by atoms with E-state index in [0.717, 1.165) is 25.8 Å². The van der Waals surface area contributed by atoms with Gasteiger partial charge in [-0.1, -0.05) is 42.5 Å². The molecule has 1 atom stereocenters. The van der Waals surface area contributed by atoms with Gasteiger partial charge in [0.1, 0.15) is 6.04 Å². The van der Waals surface area contributed by atoms with Gasteiger partial charge in [0.05, 0.1) is 13.2 Å². The fourth-order valence-corrected chi connectivity index (χ4v) is 4.08. The Morgan fingerprint density at radius 3 is 2.72 bits per heavy atom. The van der Waals surface area contributed by atoms with Crippen LogP contribution < -0.4 is 16.4 Å². The Bertz CT molecular complexity index is 859. The minimum atomic E-state index is -0.363. The number of nitrogens with zero attached hydrogens (tertiary/aromatic N) is 1. The van der Waals surface area contributed by atoms with Crippen LogP contribution in [0, 0.1) is 0 Å². The molecule has 1 fully saturated rings. The molecule has 2 amide bonds. The number of halogens is 1. The molecule has 0 aliphatic carbocycles. The largest absolute Gasteiger partial charge is 0.378 e. The first kappa shape index (κ1) is 26.1. The second-order valence-electron chi connectivity index (χ2n) is 7.83. The van der Waals surface area contributed by atoms with Crippen molar-refractivity contribution in [3.63, 3.8) is 0 Å². The van der Waals surface area contributed by atoms with Crippen LogP contribution in [0.15, 0.2) is 42.5 Å². The van der Waals surface area contributed by atoms with Gasteiger partial charge in [-0.25, -0.2) is 0 Å². The SMILES string of the molecule is Cl.NCCOCCNC(=O)[C@@H]1CCCN1C(=O)CCNCCc1cccc2ccccc12. The molecule has 1 aliphatic heterocycles. The van der Waals surface area contributed by atoms with Gasteiger partial charge in [0.15, 0.2) is 0 Å².